The van der Waals surface area contributed by atoms with Crippen LogP contribution in [0.5, 0.6) is 0 Å². The van der Waals surface area contributed by atoms with Gasteiger partial charge in [0.15, 0.2) is 0 Å². The maximum Gasteiger partial charge on any atom is 0.250 e. The molecule has 3 atom stereocenters. The van der Waals surface area contributed by atoms with Crippen LogP contribution in [0.2, 0.25) is 0 Å². The number of aromatic nitrogens is 2. The van der Waals surface area contributed by atoms with Gasteiger partial charge in [0.25, 0.3) is 10.0 Å². The normalized spacial score (nSPS) is 26.3. The molecule has 0 bridgehead atoms. The SMILES string of the molecule is CS(=O)(=O)n1cc2c(n1)CN([C@H]1CO[C@@H](c3cc(F)ccc3F)[C@@H](N)C1)C2. The zero-order valence-electron chi connectivity index (χ0n) is 14.7. The van der Waals surface area contributed by atoms with Crippen molar-refractivity contribution < 1.29 is 21.9 Å². The first kappa shape index (κ1) is 18.5. The molecule has 10 heteroatoms. The van der Waals surface area contributed by atoms with Crippen LogP contribution in [-0.4, -0.2) is 47.4 Å². The van der Waals surface area contributed by atoms with Gasteiger partial charge in [-0.05, 0) is 24.6 Å². The van der Waals surface area contributed by atoms with Gasteiger partial charge < -0.3 is 10.5 Å². The fourth-order valence-corrected chi connectivity index (χ4v) is 4.30. The van der Waals surface area contributed by atoms with Crippen LogP contribution in [-0.2, 0) is 27.8 Å². The summed E-state index contributed by atoms with van der Waals surface area (Å²) in [6, 6.07) is 2.78. The number of hydrogen-bond donors (Lipinski definition) is 1. The van der Waals surface area contributed by atoms with Crippen LogP contribution in [0.1, 0.15) is 29.3 Å². The lowest BCUT2D eigenvalue weighted by atomic mass is 9.93. The summed E-state index contributed by atoms with van der Waals surface area (Å²) in [5.74, 6) is -1.07. The summed E-state index contributed by atoms with van der Waals surface area (Å²) in [6.45, 7) is 1.37. The Labute approximate surface area is 155 Å². The average molecular weight is 398 g/mol. The molecule has 7 nitrogen and oxygen atoms in total. The smallest absolute Gasteiger partial charge is 0.250 e. The summed E-state index contributed by atoms with van der Waals surface area (Å²) >= 11 is 0. The molecule has 27 heavy (non-hydrogen) atoms. The van der Waals surface area contributed by atoms with E-state index in [1.807, 2.05) is 0 Å². The summed E-state index contributed by atoms with van der Waals surface area (Å²) in [5.41, 5.74) is 7.91. The number of rotatable bonds is 3. The highest BCUT2D eigenvalue weighted by atomic mass is 32.2. The second-order valence-corrected chi connectivity index (χ2v) is 8.95. The number of ether oxygens (including phenoxy) is 1. The van der Waals surface area contributed by atoms with Gasteiger partial charge in [-0.3, -0.25) is 4.90 Å². The number of nitrogens with zero attached hydrogens (tertiary/aromatic N) is 3. The molecule has 2 aliphatic rings. The standard InChI is InChI=1S/C17H20F2N4O3S/c1-27(24,25)23-7-10-6-22(8-16(10)21-23)12-5-15(20)17(26-9-12)13-4-11(18)2-3-14(13)19/h2-4,7,12,15,17H,5-6,8-9,20H2,1H3/t12-,15+,17+/m1/s1. The van der Waals surface area contributed by atoms with E-state index >= 15 is 0 Å². The van der Waals surface area contributed by atoms with Crippen LogP contribution in [0.4, 0.5) is 8.78 Å². The minimum atomic E-state index is -3.40. The van der Waals surface area contributed by atoms with E-state index < -0.39 is 33.8 Å². The summed E-state index contributed by atoms with van der Waals surface area (Å²) in [4.78, 5) is 2.11. The van der Waals surface area contributed by atoms with Crippen LogP contribution >= 0.6 is 0 Å². The number of fused-ring (bicyclic) bond motifs is 1. The van der Waals surface area contributed by atoms with Crippen molar-refractivity contribution in [3.63, 3.8) is 0 Å². The van der Waals surface area contributed by atoms with E-state index in [2.05, 4.69) is 10.00 Å². The third-order valence-electron chi connectivity index (χ3n) is 5.10. The van der Waals surface area contributed by atoms with Gasteiger partial charge in [-0.1, -0.05) is 0 Å². The molecule has 3 heterocycles. The second-order valence-electron chi connectivity index (χ2n) is 7.11. The van der Waals surface area contributed by atoms with E-state index in [1.54, 1.807) is 0 Å². The molecular weight excluding hydrogens is 378 g/mol. The quantitative estimate of drug-likeness (QED) is 0.834. The van der Waals surface area contributed by atoms with Gasteiger partial charge in [0.05, 0.1) is 18.6 Å². The van der Waals surface area contributed by atoms with E-state index in [-0.39, 0.29) is 11.6 Å². The van der Waals surface area contributed by atoms with Gasteiger partial charge in [0.1, 0.15) is 17.7 Å². The Bertz CT molecular complexity index is 955. The van der Waals surface area contributed by atoms with Crippen molar-refractivity contribution in [2.75, 3.05) is 12.9 Å². The van der Waals surface area contributed by atoms with Crippen molar-refractivity contribution >= 4 is 10.0 Å². The minimum absolute atomic E-state index is 0.00578. The van der Waals surface area contributed by atoms with E-state index in [0.29, 0.717) is 31.8 Å². The Morgan fingerprint density at radius 3 is 2.74 bits per heavy atom. The van der Waals surface area contributed by atoms with E-state index in [4.69, 9.17) is 10.5 Å². The number of nitrogens with two attached hydrogens (primary N) is 1. The monoisotopic (exact) mass is 398 g/mol. The van der Waals surface area contributed by atoms with Gasteiger partial charge in [0.2, 0.25) is 0 Å². The lowest BCUT2D eigenvalue weighted by Gasteiger charge is -2.38. The lowest BCUT2D eigenvalue weighted by Crippen LogP contribution is -2.47. The molecule has 0 amide bonds. The molecule has 1 fully saturated rings. The summed E-state index contributed by atoms with van der Waals surface area (Å²) in [7, 11) is -3.40. The topological polar surface area (TPSA) is 90.5 Å². The Kier molecular flexibility index (Phi) is 4.53. The predicted molar refractivity (Wildman–Crippen MR) is 93.1 cm³/mol. The van der Waals surface area contributed by atoms with Gasteiger partial charge in [-0.15, -0.1) is 0 Å². The molecule has 146 valence electrons. The maximum absolute atomic E-state index is 14.0. The van der Waals surface area contributed by atoms with Gasteiger partial charge >= 0.3 is 0 Å². The first-order valence-electron chi connectivity index (χ1n) is 8.56. The molecule has 0 unspecified atom stereocenters. The predicted octanol–water partition coefficient (Wildman–Crippen LogP) is 1.14. The molecule has 1 aromatic carbocycles. The average Bonchev–Trinajstić information content (AvgIpc) is 3.16. The van der Waals surface area contributed by atoms with Gasteiger partial charge in [-0.2, -0.15) is 9.19 Å². The highest BCUT2D eigenvalue weighted by Gasteiger charge is 2.37. The first-order chi connectivity index (χ1) is 12.7. The van der Waals surface area contributed by atoms with Crippen molar-refractivity contribution in [1.82, 2.24) is 14.1 Å². The lowest BCUT2D eigenvalue weighted by molar-refractivity contribution is -0.0533. The summed E-state index contributed by atoms with van der Waals surface area (Å²) in [6.07, 6.45) is 2.49. The van der Waals surface area contributed by atoms with Gasteiger partial charge in [-0.25, -0.2) is 17.2 Å². The van der Waals surface area contributed by atoms with Crippen LogP contribution in [0.3, 0.4) is 0 Å². The third-order valence-corrected chi connectivity index (χ3v) is 5.97. The highest BCUT2D eigenvalue weighted by molar-refractivity contribution is 7.89. The Morgan fingerprint density at radius 1 is 1.30 bits per heavy atom. The van der Waals surface area contributed by atoms with Crippen molar-refractivity contribution in [2.45, 2.75) is 37.7 Å². The van der Waals surface area contributed by atoms with Crippen molar-refractivity contribution in [1.29, 1.82) is 0 Å². The minimum Gasteiger partial charge on any atom is -0.370 e. The molecule has 0 radical (unpaired) electrons. The zero-order chi connectivity index (χ0) is 19.3. The Hall–Kier alpha value is -1.88. The molecule has 2 aliphatic heterocycles. The first-order valence-corrected chi connectivity index (χ1v) is 10.4. The summed E-state index contributed by atoms with van der Waals surface area (Å²) < 4.78 is 57.4. The van der Waals surface area contributed by atoms with Crippen LogP contribution < -0.4 is 5.73 Å². The van der Waals surface area contributed by atoms with Gasteiger partial charge in [0, 0.05) is 42.5 Å². The molecular formula is C17H20F2N4O3S. The molecule has 1 aromatic heterocycles. The fraction of sp³-hybridized carbons (Fsp3) is 0.471. The molecule has 2 aromatic rings. The number of halogens is 2. The second kappa shape index (κ2) is 6.62. The van der Waals surface area contributed by atoms with Crippen molar-refractivity contribution in [3.05, 3.63) is 52.9 Å². The zero-order valence-corrected chi connectivity index (χ0v) is 15.5. The molecule has 0 aliphatic carbocycles. The van der Waals surface area contributed by atoms with Crippen LogP contribution in [0.25, 0.3) is 0 Å². The third kappa shape index (κ3) is 3.49. The maximum atomic E-state index is 14.0. The fourth-order valence-electron chi connectivity index (χ4n) is 3.73. The molecule has 1 saturated heterocycles. The van der Waals surface area contributed by atoms with Crippen LogP contribution in [0.15, 0.2) is 24.4 Å². The van der Waals surface area contributed by atoms with E-state index in [0.717, 1.165) is 34.1 Å². The van der Waals surface area contributed by atoms with E-state index in [1.165, 1.54) is 6.20 Å². The van der Waals surface area contributed by atoms with Crippen molar-refractivity contribution in [3.8, 4) is 0 Å². The molecule has 4 rings (SSSR count). The molecule has 0 saturated carbocycles. The Morgan fingerprint density at radius 2 is 2.07 bits per heavy atom. The van der Waals surface area contributed by atoms with E-state index in [9.17, 15) is 17.2 Å². The molecule has 0 spiro atoms. The Balaban J connectivity index is 1.44. The summed E-state index contributed by atoms with van der Waals surface area (Å²) in [5, 5.41) is 4.13. The number of benzene rings is 1. The van der Waals surface area contributed by atoms with Crippen molar-refractivity contribution in [2.24, 2.45) is 5.73 Å². The number of hydrogen-bond acceptors (Lipinski definition) is 6. The molecule has 2 N–H and O–H groups in total. The van der Waals surface area contributed by atoms with Crippen LogP contribution in [0, 0.1) is 11.6 Å². The largest absolute Gasteiger partial charge is 0.370 e. The highest BCUT2D eigenvalue weighted by Crippen LogP contribution is 2.34.